The van der Waals surface area contributed by atoms with Crippen molar-refractivity contribution in [3.05, 3.63) is 0 Å². The first kappa shape index (κ1) is 16.9. The van der Waals surface area contributed by atoms with Gasteiger partial charge in [0.15, 0.2) is 0 Å². The topological polar surface area (TPSA) is 92.4 Å². The van der Waals surface area contributed by atoms with Gasteiger partial charge in [-0.05, 0) is 18.8 Å². The van der Waals surface area contributed by atoms with E-state index in [9.17, 15) is 9.59 Å². The molecule has 18 heavy (non-hydrogen) atoms. The van der Waals surface area contributed by atoms with E-state index in [0.717, 1.165) is 0 Å². The molecular formula is C13H26N2O3. The third kappa shape index (κ3) is 5.04. The standard InChI is InChI=1S/C13H26N2O3/c1-6-13(5,11(17)18)8-15-10(16)7-9(14)12(2,3)4/h9H,6-8,14H2,1-5H3,(H,15,16)(H,17,18). The molecule has 1 amide bonds. The first-order chi connectivity index (χ1) is 8.03. The minimum absolute atomic E-state index is 0.133. The summed E-state index contributed by atoms with van der Waals surface area (Å²) in [5.41, 5.74) is 4.85. The van der Waals surface area contributed by atoms with Crippen LogP contribution in [-0.4, -0.2) is 29.6 Å². The molecule has 0 aromatic heterocycles. The summed E-state index contributed by atoms with van der Waals surface area (Å²) in [7, 11) is 0. The minimum atomic E-state index is -0.915. The normalized spacial score (nSPS) is 16.8. The molecule has 2 unspecified atom stereocenters. The third-order valence-corrected chi connectivity index (χ3v) is 3.49. The van der Waals surface area contributed by atoms with Crippen LogP contribution >= 0.6 is 0 Å². The van der Waals surface area contributed by atoms with Gasteiger partial charge in [0.2, 0.25) is 5.91 Å². The predicted molar refractivity (Wildman–Crippen MR) is 71.1 cm³/mol. The van der Waals surface area contributed by atoms with Crippen molar-refractivity contribution in [2.45, 2.75) is 53.5 Å². The van der Waals surface area contributed by atoms with E-state index in [1.807, 2.05) is 20.8 Å². The van der Waals surface area contributed by atoms with E-state index < -0.39 is 11.4 Å². The van der Waals surface area contributed by atoms with Gasteiger partial charge in [0.05, 0.1) is 5.41 Å². The Hall–Kier alpha value is -1.10. The average molecular weight is 258 g/mol. The second kappa shape index (κ2) is 6.18. The number of carboxylic acids is 1. The molecule has 0 aromatic rings. The van der Waals surface area contributed by atoms with Crippen LogP contribution in [0.3, 0.4) is 0 Å². The van der Waals surface area contributed by atoms with E-state index >= 15 is 0 Å². The van der Waals surface area contributed by atoms with E-state index in [0.29, 0.717) is 6.42 Å². The van der Waals surface area contributed by atoms with Gasteiger partial charge in [0.25, 0.3) is 0 Å². The number of carbonyl (C=O) groups excluding carboxylic acids is 1. The van der Waals surface area contributed by atoms with Gasteiger partial charge in [-0.3, -0.25) is 9.59 Å². The highest BCUT2D eigenvalue weighted by atomic mass is 16.4. The summed E-state index contributed by atoms with van der Waals surface area (Å²) < 4.78 is 0. The highest BCUT2D eigenvalue weighted by molar-refractivity contribution is 5.79. The number of nitrogens with one attached hydrogen (secondary N) is 1. The van der Waals surface area contributed by atoms with Gasteiger partial charge < -0.3 is 16.2 Å². The van der Waals surface area contributed by atoms with Crippen molar-refractivity contribution in [1.29, 1.82) is 0 Å². The zero-order chi connectivity index (χ0) is 14.6. The van der Waals surface area contributed by atoms with E-state index in [-0.39, 0.29) is 30.3 Å². The zero-order valence-electron chi connectivity index (χ0n) is 12.0. The van der Waals surface area contributed by atoms with Gasteiger partial charge in [-0.1, -0.05) is 27.7 Å². The maximum absolute atomic E-state index is 11.7. The molecule has 0 saturated carbocycles. The second-order valence-corrected chi connectivity index (χ2v) is 6.17. The highest BCUT2D eigenvalue weighted by Gasteiger charge is 2.32. The molecule has 0 aliphatic rings. The molecule has 0 aliphatic heterocycles. The van der Waals surface area contributed by atoms with Gasteiger partial charge in [0, 0.05) is 19.0 Å². The van der Waals surface area contributed by atoms with Gasteiger partial charge in [-0.15, -0.1) is 0 Å². The second-order valence-electron chi connectivity index (χ2n) is 6.17. The first-order valence-corrected chi connectivity index (χ1v) is 6.28. The van der Waals surface area contributed by atoms with Crippen molar-refractivity contribution >= 4 is 11.9 Å². The fourth-order valence-corrected chi connectivity index (χ4v) is 1.22. The van der Waals surface area contributed by atoms with E-state index in [1.165, 1.54) is 0 Å². The molecule has 0 rings (SSSR count). The van der Waals surface area contributed by atoms with E-state index in [2.05, 4.69) is 5.32 Å². The summed E-state index contributed by atoms with van der Waals surface area (Å²) in [5.74, 6) is -1.09. The SMILES string of the molecule is CCC(C)(CNC(=O)CC(N)C(C)(C)C)C(=O)O. The van der Waals surface area contributed by atoms with Crippen LogP contribution in [0.25, 0.3) is 0 Å². The summed E-state index contributed by atoms with van der Waals surface area (Å²) in [6.07, 6.45) is 0.677. The van der Waals surface area contributed by atoms with Crippen molar-refractivity contribution in [2.75, 3.05) is 6.54 Å². The lowest BCUT2D eigenvalue weighted by Gasteiger charge is -2.27. The molecule has 0 spiro atoms. The minimum Gasteiger partial charge on any atom is -0.481 e. The molecule has 0 saturated heterocycles. The molecule has 0 aromatic carbocycles. The number of hydrogen-bond donors (Lipinski definition) is 3. The Labute approximate surface area is 109 Å². The molecular weight excluding hydrogens is 232 g/mol. The summed E-state index contributed by atoms with van der Waals surface area (Å²) in [4.78, 5) is 22.8. The Morgan fingerprint density at radius 2 is 1.78 bits per heavy atom. The highest BCUT2D eigenvalue weighted by Crippen LogP contribution is 2.21. The van der Waals surface area contributed by atoms with Gasteiger partial charge in [-0.25, -0.2) is 0 Å². The number of carboxylic acid groups (broad SMARTS) is 1. The Kier molecular flexibility index (Phi) is 5.80. The van der Waals surface area contributed by atoms with Crippen molar-refractivity contribution in [3.8, 4) is 0 Å². The fourth-order valence-electron chi connectivity index (χ4n) is 1.22. The molecule has 0 radical (unpaired) electrons. The zero-order valence-corrected chi connectivity index (χ0v) is 12.0. The summed E-state index contributed by atoms with van der Waals surface area (Å²) in [5, 5.41) is 11.7. The Bertz CT molecular complexity index is 310. The monoisotopic (exact) mass is 258 g/mol. The largest absolute Gasteiger partial charge is 0.481 e. The number of nitrogens with two attached hydrogens (primary N) is 1. The van der Waals surface area contributed by atoms with Crippen LogP contribution in [0.5, 0.6) is 0 Å². The summed E-state index contributed by atoms with van der Waals surface area (Å²) in [6.45, 7) is 9.46. The molecule has 4 N–H and O–H groups in total. The van der Waals surface area contributed by atoms with Crippen molar-refractivity contribution in [2.24, 2.45) is 16.6 Å². The van der Waals surface area contributed by atoms with Crippen LogP contribution in [0, 0.1) is 10.8 Å². The third-order valence-electron chi connectivity index (χ3n) is 3.49. The average Bonchev–Trinajstić information content (AvgIpc) is 2.24. The summed E-state index contributed by atoms with van der Waals surface area (Å²) >= 11 is 0. The molecule has 2 atom stereocenters. The van der Waals surface area contributed by atoms with Gasteiger partial charge >= 0.3 is 5.97 Å². The molecule has 0 bridgehead atoms. The Balaban J connectivity index is 4.31. The molecule has 0 fully saturated rings. The lowest BCUT2D eigenvalue weighted by Crippen LogP contribution is -2.44. The first-order valence-electron chi connectivity index (χ1n) is 6.28. The lowest BCUT2D eigenvalue weighted by molar-refractivity contribution is -0.148. The molecule has 106 valence electrons. The number of rotatable bonds is 6. The predicted octanol–water partition coefficient (Wildman–Crippen LogP) is 1.37. The van der Waals surface area contributed by atoms with Crippen LogP contribution < -0.4 is 11.1 Å². The van der Waals surface area contributed by atoms with Gasteiger partial charge in [-0.2, -0.15) is 0 Å². The lowest BCUT2D eigenvalue weighted by atomic mass is 9.85. The number of carbonyl (C=O) groups is 2. The van der Waals surface area contributed by atoms with E-state index in [1.54, 1.807) is 13.8 Å². The number of hydrogen-bond acceptors (Lipinski definition) is 3. The molecule has 0 aliphatic carbocycles. The Morgan fingerprint density at radius 1 is 1.28 bits per heavy atom. The quantitative estimate of drug-likeness (QED) is 0.671. The smallest absolute Gasteiger partial charge is 0.311 e. The maximum atomic E-state index is 11.7. The van der Waals surface area contributed by atoms with Crippen LogP contribution in [0.4, 0.5) is 0 Å². The molecule has 5 heteroatoms. The van der Waals surface area contributed by atoms with Crippen molar-refractivity contribution in [3.63, 3.8) is 0 Å². The molecule has 0 heterocycles. The Morgan fingerprint density at radius 3 is 2.11 bits per heavy atom. The van der Waals surface area contributed by atoms with Gasteiger partial charge in [0.1, 0.15) is 0 Å². The van der Waals surface area contributed by atoms with Crippen LogP contribution in [0.2, 0.25) is 0 Å². The number of aliphatic carboxylic acids is 1. The fraction of sp³-hybridized carbons (Fsp3) is 0.846. The van der Waals surface area contributed by atoms with Crippen LogP contribution in [0.15, 0.2) is 0 Å². The summed E-state index contributed by atoms with van der Waals surface area (Å²) in [6, 6.07) is -0.241. The molecule has 5 nitrogen and oxygen atoms in total. The van der Waals surface area contributed by atoms with Crippen LogP contribution in [-0.2, 0) is 9.59 Å². The van der Waals surface area contributed by atoms with E-state index in [4.69, 9.17) is 10.8 Å². The number of amides is 1. The van der Waals surface area contributed by atoms with Crippen LogP contribution in [0.1, 0.15) is 47.5 Å². The van der Waals surface area contributed by atoms with Crippen molar-refractivity contribution in [1.82, 2.24) is 5.32 Å². The maximum Gasteiger partial charge on any atom is 0.311 e. The van der Waals surface area contributed by atoms with Crippen molar-refractivity contribution < 1.29 is 14.7 Å².